The molecule has 1 spiro atoms. The van der Waals surface area contributed by atoms with Gasteiger partial charge in [-0.15, -0.1) is 11.3 Å². The van der Waals surface area contributed by atoms with Crippen LogP contribution < -0.4 is 5.32 Å². The van der Waals surface area contributed by atoms with Gasteiger partial charge in [-0.2, -0.15) is 0 Å². The van der Waals surface area contributed by atoms with Crippen molar-refractivity contribution >= 4 is 17.2 Å². The molecule has 150 valence electrons. The van der Waals surface area contributed by atoms with E-state index >= 15 is 0 Å². The zero-order valence-corrected chi connectivity index (χ0v) is 18.1. The lowest BCUT2D eigenvalue weighted by atomic mass is 9.73. The molecular weight excluding hydrogens is 364 g/mol. The Morgan fingerprint density at radius 1 is 1.21 bits per heavy atom. The molecule has 1 amide bonds. The Labute approximate surface area is 173 Å². The number of fused-ring (bicyclic) bond motifs is 2. The van der Waals surface area contributed by atoms with Gasteiger partial charge in [-0.25, -0.2) is 0 Å². The van der Waals surface area contributed by atoms with E-state index in [1.165, 1.54) is 33.7 Å². The minimum atomic E-state index is 0.192. The second-order valence-corrected chi connectivity index (χ2v) is 10.4. The summed E-state index contributed by atoms with van der Waals surface area (Å²) in [7, 11) is 0. The third-order valence-electron chi connectivity index (χ3n) is 6.48. The fraction of sp³-hybridized carbons (Fsp3) is 0.542. The number of benzene rings is 1. The Hall–Kier alpha value is -1.65. The van der Waals surface area contributed by atoms with Gasteiger partial charge < -0.3 is 5.32 Å². The molecule has 1 fully saturated rings. The molecule has 28 heavy (non-hydrogen) atoms. The average molecular weight is 397 g/mol. The fourth-order valence-corrected chi connectivity index (χ4v) is 6.15. The number of thiophene rings is 1. The molecule has 1 atom stereocenters. The summed E-state index contributed by atoms with van der Waals surface area (Å²) in [4.78, 5) is 17.9. The maximum atomic E-state index is 12.4. The number of likely N-dealkylation sites (tertiary alicyclic amines) is 1. The number of carbonyl (C=O) groups excluding carboxylic acids is 1. The lowest BCUT2D eigenvalue weighted by Gasteiger charge is -2.40. The van der Waals surface area contributed by atoms with Crippen molar-refractivity contribution in [2.45, 2.75) is 70.4 Å². The summed E-state index contributed by atoms with van der Waals surface area (Å²) in [5.41, 5.74) is 3.20. The summed E-state index contributed by atoms with van der Waals surface area (Å²) in [6.07, 6.45) is 4.16. The van der Waals surface area contributed by atoms with Gasteiger partial charge in [-0.1, -0.05) is 24.3 Å². The summed E-state index contributed by atoms with van der Waals surface area (Å²) in [6, 6.07) is 13.6. The van der Waals surface area contributed by atoms with Crippen LogP contribution in [0.25, 0.3) is 0 Å². The van der Waals surface area contributed by atoms with E-state index in [0.717, 1.165) is 26.1 Å². The van der Waals surface area contributed by atoms with Gasteiger partial charge in [0, 0.05) is 28.8 Å². The highest BCUT2D eigenvalue weighted by Crippen LogP contribution is 2.52. The second-order valence-electron chi connectivity index (χ2n) is 8.98. The van der Waals surface area contributed by atoms with Crippen LogP contribution in [0, 0.1) is 6.92 Å². The van der Waals surface area contributed by atoms with E-state index in [9.17, 15) is 4.79 Å². The van der Waals surface area contributed by atoms with Crippen LogP contribution in [0.4, 0.5) is 0 Å². The third-order valence-corrected chi connectivity index (χ3v) is 7.46. The number of carbonyl (C=O) groups is 1. The predicted molar refractivity (Wildman–Crippen MR) is 117 cm³/mol. The molecule has 1 aliphatic carbocycles. The van der Waals surface area contributed by atoms with E-state index in [1.54, 1.807) is 0 Å². The molecule has 1 N–H and O–H groups in total. The number of aryl methyl sites for hydroxylation is 1. The minimum Gasteiger partial charge on any atom is -0.354 e. The molecule has 3 nitrogen and oxygen atoms in total. The normalized spacial score (nSPS) is 21.2. The first-order chi connectivity index (χ1) is 13.4. The van der Waals surface area contributed by atoms with Crippen molar-refractivity contribution < 1.29 is 4.79 Å². The van der Waals surface area contributed by atoms with Crippen molar-refractivity contribution in [1.29, 1.82) is 0 Å². The summed E-state index contributed by atoms with van der Waals surface area (Å²) >= 11 is 1.92. The Kier molecular flexibility index (Phi) is 5.62. The van der Waals surface area contributed by atoms with Gasteiger partial charge in [0.25, 0.3) is 0 Å². The number of rotatable bonds is 5. The van der Waals surface area contributed by atoms with Crippen LogP contribution in [0.1, 0.15) is 66.3 Å². The van der Waals surface area contributed by atoms with Crippen molar-refractivity contribution in [3.05, 3.63) is 57.3 Å². The summed E-state index contributed by atoms with van der Waals surface area (Å²) in [5.74, 6) is 0.554. The predicted octanol–water partition coefficient (Wildman–Crippen LogP) is 4.99. The van der Waals surface area contributed by atoms with Crippen LogP contribution in [-0.4, -0.2) is 29.9 Å². The van der Waals surface area contributed by atoms with Crippen molar-refractivity contribution in [3.63, 3.8) is 0 Å². The summed E-state index contributed by atoms with van der Waals surface area (Å²) in [6.45, 7) is 9.63. The highest BCUT2D eigenvalue weighted by molar-refractivity contribution is 7.11. The summed E-state index contributed by atoms with van der Waals surface area (Å²) < 4.78 is 0. The molecule has 4 rings (SSSR count). The molecule has 0 saturated carbocycles. The SMILES string of the molecule is Cc1ccc(CN2CCC3(CC2)CC(CC(=O)NC(C)C)c2ccccc23)s1. The van der Waals surface area contributed by atoms with Crippen molar-refractivity contribution in [1.82, 2.24) is 10.2 Å². The van der Waals surface area contributed by atoms with Gasteiger partial charge in [-0.05, 0) is 87.7 Å². The van der Waals surface area contributed by atoms with Gasteiger partial charge in [0.15, 0.2) is 0 Å². The number of hydrogen-bond donors (Lipinski definition) is 1. The number of piperidine rings is 1. The van der Waals surface area contributed by atoms with E-state index in [4.69, 9.17) is 0 Å². The quantitative estimate of drug-likeness (QED) is 0.772. The van der Waals surface area contributed by atoms with E-state index in [1.807, 2.05) is 25.2 Å². The fourth-order valence-electron chi connectivity index (χ4n) is 5.22. The third kappa shape index (κ3) is 4.04. The molecule has 4 heteroatoms. The zero-order chi connectivity index (χ0) is 19.7. The summed E-state index contributed by atoms with van der Waals surface area (Å²) in [5, 5.41) is 3.08. The monoisotopic (exact) mass is 396 g/mol. The Balaban J connectivity index is 1.45. The van der Waals surface area contributed by atoms with Crippen LogP contribution in [0.3, 0.4) is 0 Å². The van der Waals surface area contributed by atoms with E-state index in [-0.39, 0.29) is 17.4 Å². The zero-order valence-electron chi connectivity index (χ0n) is 17.3. The molecule has 2 heterocycles. The van der Waals surface area contributed by atoms with Crippen molar-refractivity contribution in [2.75, 3.05) is 13.1 Å². The van der Waals surface area contributed by atoms with Crippen LogP contribution in [0.5, 0.6) is 0 Å². The Morgan fingerprint density at radius 3 is 2.64 bits per heavy atom. The average Bonchev–Trinajstić information content (AvgIpc) is 3.19. The molecule has 1 aromatic heterocycles. The molecule has 2 aliphatic rings. The van der Waals surface area contributed by atoms with E-state index in [0.29, 0.717) is 12.3 Å². The van der Waals surface area contributed by atoms with Crippen LogP contribution in [-0.2, 0) is 16.8 Å². The lowest BCUT2D eigenvalue weighted by Crippen LogP contribution is -2.41. The van der Waals surface area contributed by atoms with E-state index in [2.05, 4.69) is 53.5 Å². The topological polar surface area (TPSA) is 32.3 Å². The van der Waals surface area contributed by atoms with Crippen LogP contribution in [0.15, 0.2) is 36.4 Å². The number of nitrogens with one attached hydrogen (secondary N) is 1. The molecule has 1 aliphatic heterocycles. The maximum Gasteiger partial charge on any atom is 0.220 e. The standard InChI is InChI=1S/C24H32N2OS/c1-17(2)25-23(27)14-19-15-24(22-7-5-4-6-21(19)22)10-12-26(13-11-24)16-20-9-8-18(3)28-20/h4-9,17,19H,10-16H2,1-3H3,(H,25,27). The van der Waals surface area contributed by atoms with Gasteiger partial charge in [0.2, 0.25) is 5.91 Å². The second kappa shape index (κ2) is 8.00. The first-order valence-corrected chi connectivity index (χ1v) is 11.4. The van der Waals surface area contributed by atoms with Gasteiger partial charge >= 0.3 is 0 Å². The molecule has 0 bridgehead atoms. The van der Waals surface area contributed by atoms with Crippen LogP contribution in [0.2, 0.25) is 0 Å². The first kappa shape index (κ1) is 19.7. The smallest absolute Gasteiger partial charge is 0.220 e. The van der Waals surface area contributed by atoms with Gasteiger partial charge in [0.05, 0.1) is 0 Å². The van der Waals surface area contributed by atoms with E-state index < -0.39 is 0 Å². The maximum absolute atomic E-state index is 12.4. The molecule has 1 unspecified atom stereocenters. The Morgan fingerprint density at radius 2 is 1.96 bits per heavy atom. The van der Waals surface area contributed by atoms with Crippen LogP contribution >= 0.6 is 11.3 Å². The largest absolute Gasteiger partial charge is 0.354 e. The number of amides is 1. The van der Waals surface area contributed by atoms with Gasteiger partial charge in [-0.3, -0.25) is 9.69 Å². The Bertz CT molecular complexity index is 833. The lowest BCUT2D eigenvalue weighted by molar-refractivity contribution is -0.122. The van der Waals surface area contributed by atoms with Crippen molar-refractivity contribution in [3.8, 4) is 0 Å². The molecule has 2 aromatic rings. The van der Waals surface area contributed by atoms with Gasteiger partial charge in [0.1, 0.15) is 0 Å². The highest BCUT2D eigenvalue weighted by Gasteiger charge is 2.45. The minimum absolute atomic E-state index is 0.192. The molecule has 1 aromatic carbocycles. The number of hydrogen-bond acceptors (Lipinski definition) is 3. The highest BCUT2D eigenvalue weighted by atomic mass is 32.1. The number of nitrogens with zero attached hydrogens (tertiary/aromatic N) is 1. The first-order valence-electron chi connectivity index (χ1n) is 10.6. The molecular formula is C24H32N2OS. The molecule has 1 saturated heterocycles. The molecule has 0 radical (unpaired) electrons. The van der Waals surface area contributed by atoms with Crippen molar-refractivity contribution in [2.24, 2.45) is 0 Å².